The highest BCUT2D eigenvalue weighted by Gasteiger charge is 2.26. The molecule has 0 radical (unpaired) electrons. The van der Waals surface area contributed by atoms with Crippen molar-refractivity contribution in [3.05, 3.63) is 0 Å². The fourth-order valence-corrected chi connectivity index (χ4v) is 0.934. The molecule has 0 aliphatic carbocycles. The fraction of sp³-hybridized carbons (Fsp3) is 0.500. The van der Waals surface area contributed by atoms with E-state index in [1.165, 1.54) is 0 Å². The maximum atomic E-state index is 11.2. The number of nitrogens with two attached hydrogens (primary N) is 1. The van der Waals surface area contributed by atoms with Crippen molar-refractivity contribution in [1.82, 2.24) is 5.32 Å². The highest BCUT2D eigenvalue weighted by molar-refractivity contribution is 5.90. The number of hydrogen-bond acceptors (Lipinski definition) is 5. The van der Waals surface area contributed by atoms with E-state index in [4.69, 9.17) is 21.1 Å². The molecule has 0 aromatic heterocycles. The van der Waals surface area contributed by atoms with Gasteiger partial charge in [-0.25, -0.2) is 4.79 Å². The summed E-state index contributed by atoms with van der Waals surface area (Å²) in [6.07, 6.45) is -1.49. The van der Waals surface area contributed by atoms with Crippen LogP contribution in [0.1, 0.15) is 12.8 Å². The van der Waals surface area contributed by atoms with Gasteiger partial charge in [-0.2, -0.15) is 0 Å². The predicted octanol–water partition coefficient (Wildman–Crippen LogP) is -2.17. The third-order valence-electron chi connectivity index (χ3n) is 1.72. The number of aliphatic carboxylic acids is 3. The molecule has 0 aliphatic heterocycles. The van der Waals surface area contributed by atoms with Crippen LogP contribution >= 0.6 is 0 Å². The van der Waals surface area contributed by atoms with Gasteiger partial charge in [0, 0.05) is 0 Å². The minimum Gasteiger partial charge on any atom is -0.481 e. The summed E-state index contributed by atoms with van der Waals surface area (Å²) in [5, 5.41) is 27.2. The summed E-state index contributed by atoms with van der Waals surface area (Å²) in [6, 6.07) is -3.07. The van der Waals surface area contributed by atoms with Gasteiger partial charge in [0.1, 0.15) is 6.04 Å². The van der Waals surface area contributed by atoms with E-state index in [9.17, 15) is 19.2 Å². The zero-order chi connectivity index (χ0) is 13.6. The highest BCUT2D eigenvalue weighted by atomic mass is 16.4. The van der Waals surface area contributed by atoms with Crippen LogP contribution in [0, 0.1) is 0 Å². The number of amides is 1. The standard InChI is InChI=1S/C8H12N2O7/c9-3(1-5(11)12)7(15)10-4(8(16)17)2-6(13)14/h3-4H,1-2,9H2,(H,10,15)(H,11,12)(H,13,14)(H,16,17)/t3-,4-/m1/s1. The average Bonchev–Trinajstić information content (AvgIpc) is 2.14. The molecule has 0 saturated heterocycles. The van der Waals surface area contributed by atoms with Gasteiger partial charge in [0.25, 0.3) is 0 Å². The first-order chi connectivity index (χ1) is 7.73. The van der Waals surface area contributed by atoms with Gasteiger partial charge in [-0.1, -0.05) is 0 Å². The van der Waals surface area contributed by atoms with Crippen molar-refractivity contribution >= 4 is 23.8 Å². The lowest BCUT2D eigenvalue weighted by Crippen LogP contribution is -2.49. The third kappa shape index (κ3) is 6.10. The molecule has 0 saturated carbocycles. The Balaban J connectivity index is 4.44. The quantitative estimate of drug-likeness (QED) is 0.339. The summed E-state index contributed by atoms with van der Waals surface area (Å²) in [6.45, 7) is 0. The summed E-state index contributed by atoms with van der Waals surface area (Å²) in [4.78, 5) is 42.3. The van der Waals surface area contributed by atoms with E-state index in [2.05, 4.69) is 0 Å². The van der Waals surface area contributed by atoms with Gasteiger partial charge >= 0.3 is 17.9 Å². The molecule has 1 amide bonds. The van der Waals surface area contributed by atoms with Gasteiger partial charge < -0.3 is 26.4 Å². The van der Waals surface area contributed by atoms with Crippen LogP contribution in [-0.4, -0.2) is 51.2 Å². The first kappa shape index (κ1) is 14.8. The second-order valence-electron chi connectivity index (χ2n) is 3.20. The molecular weight excluding hydrogens is 236 g/mol. The van der Waals surface area contributed by atoms with Crippen molar-refractivity contribution < 1.29 is 34.5 Å². The van der Waals surface area contributed by atoms with Gasteiger partial charge in [-0.05, 0) is 0 Å². The van der Waals surface area contributed by atoms with Crippen LogP contribution in [0.2, 0.25) is 0 Å². The number of rotatable bonds is 7. The Bertz CT molecular complexity index is 341. The van der Waals surface area contributed by atoms with Crippen LogP contribution < -0.4 is 11.1 Å². The van der Waals surface area contributed by atoms with Gasteiger partial charge in [-0.15, -0.1) is 0 Å². The molecule has 0 fully saturated rings. The number of carbonyl (C=O) groups excluding carboxylic acids is 1. The van der Waals surface area contributed by atoms with E-state index >= 15 is 0 Å². The Hall–Kier alpha value is -2.16. The maximum absolute atomic E-state index is 11.2. The Morgan fingerprint density at radius 1 is 1.00 bits per heavy atom. The molecule has 9 nitrogen and oxygen atoms in total. The van der Waals surface area contributed by atoms with E-state index in [-0.39, 0.29) is 0 Å². The topological polar surface area (TPSA) is 167 Å². The molecule has 0 spiro atoms. The van der Waals surface area contributed by atoms with Gasteiger partial charge in [0.2, 0.25) is 5.91 Å². The molecule has 0 unspecified atom stereocenters. The first-order valence-electron chi connectivity index (χ1n) is 4.46. The van der Waals surface area contributed by atoms with E-state index in [0.29, 0.717) is 0 Å². The first-order valence-corrected chi connectivity index (χ1v) is 4.46. The molecule has 17 heavy (non-hydrogen) atoms. The van der Waals surface area contributed by atoms with Crippen LogP contribution in [0.15, 0.2) is 0 Å². The zero-order valence-electron chi connectivity index (χ0n) is 8.62. The molecule has 2 atom stereocenters. The summed E-state index contributed by atoms with van der Waals surface area (Å²) < 4.78 is 0. The minimum atomic E-state index is -1.64. The van der Waals surface area contributed by atoms with Crippen LogP contribution in [0.25, 0.3) is 0 Å². The molecule has 0 aliphatic rings. The molecule has 6 N–H and O–H groups in total. The summed E-state index contributed by atoms with van der Waals surface area (Å²) in [5.74, 6) is -5.30. The van der Waals surface area contributed by atoms with E-state index < -0.39 is 48.7 Å². The smallest absolute Gasteiger partial charge is 0.326 e. The van der Waals surface area contributed by atoms with Crippen LogP contribution in [0.3, 0.4) is 0 Å². The molecule has 0 rings (SSSR count). The second kappa shape index (κ2) is 6.43. The van der Waals surface area contributed by atoms with Crippen LogP contribution in [0.4, 0.5) is 0 Å². The van der Waals surface area contributed by atoms with Crippen molar-refractivity contribution in [1.29, 1.82) is 0 Å². The maximum Gasteiger partial charge on any atom is 0.326 e. The van der Waals surface area contributed by atoms with Crippen molar-refractivity contribution in [3.63, 3.8) is 0 Å². The predicted molar refractivity (Wildman–Crippen MR) is 52.0 cm³/mol. The Kier molecular flexibility index (Phi) is 5.61. The number of carboxylic acid groups (broad SMARTS) is 3. The zero-order valence-corrected chi connectivity index (χ0v) is 8.62. The largest absolute Gasteiger partial charge is 0.481 e. The summed E-state index contributed by atoms with van der Waals surface area (Å²) in [5.41, 5.74) is 5.16. The molecular formula is C8H12N2O7. The van der Waals surface area contributed by atoms with Gasteiger partial charge in [0.15, 0.2) is 0 Å². The van der Waals surface area contributed by atoms with Gasteiger partial charge in [-0.3, -0.25) is 14.4 Å². The number of nitrogens with one attached hydrogen (secondary N) is 1. The monoisotopic (exact) mass is 248 g/mol. The lowest BCUT2D eigenvalue weighted by Gasteiger charge is -2.15. The number of hydrogen-bond donors (Lipinski definition) is 5. The normalized spacial score (nSPS) is 13.5. The van der Waals surface area contributed by atoms with E-state index in [1.54, 1.807) is 0 Å². The second-order valence-corrected chi connectivity index (χ2v) is 3.20. The Morgan fingerprint density at radius 3 is 1.82 bits per heavy atom. The SMILES string of the molecule is N[C@H](CC(=O)O)C(=O)N[C@H](CC(=O)O)C(=O)O. The van der Waals surface area contributed by atoms with E-state index in [1.807, 2.05) is 5.32 Å². The van der Waals surface area contributed by atoms with Crippen LogP contribution in [0.5, 0.6) is 0 Å². The average molecular weight is 248 g/mol. The lowest BCUT2D eigenvalue weighted by molar-refractivity contribution is -0.147. The number of carbonyl (C=O) groups is 4. The fourth-order valence-electron chi connectivity index (χ4n) is 0.934. The van der Waals surface area contributed by atoms with Crippen molar-refractivity contribution in [3.8, 4) is 0 Å². The van der Waals surface area contributed by atoms with E-state index in [0.717, 1.165) is 0 Å². The van der Waals surface area contributed by atoms with Crippen molar-refractivity contribution in [2.24, 2.45) is 5.73 Å². The Morgan fingerprint density at radius 2 is 1.47 bits per heavy atom. The molecule has 0 aromatic carbocycles. The lowest BCUT2D eigenvalue weighted by atomic mass is 10.1. The summed E-state index contributed by atoms with van der Waals surface area (Å²) in [7, 11) is 0. The Labute approximate surface area is 95.2 Å². The van der Waals surface area contributed by atoms with Crippen molar-refractivity contribution in [2.45, 2.75) is 24.9 Å². The molecule has 0 aromatic rings. The van der Waals surface area contributed by atoms with Crippen molar-refractivity contribution in [2.75, 3.05) is 0 Å². The van der Waals surface area contributed by atoms with Gasteiger partial charge in [0.05, 0.1) is 18.9 Å². The molecule has 96 valence electrons. The minimum absolute atomic E-state index is 0.675. The molecule has 0 bridgehead atoms. The van der Waals surface area contributed by atoms with Crippen LogP contribution in [-0.2, 0) is 19.2 Å². The molecule has 0 heterocycles. The summed E-state index contributed by atoms with van der Waals surface area (Å²) >= 11 is 0. The third-order valence-corrected chi connectivity index (χ3v) is 1.72. The number of carboxylic acids is 3. The molecule has 9 heteroatoms. The highest BCUT2D eigenvalue weighted by Crippen LogP contribution is 1.96.